The summed E-state index contributed by atoms with van der Waals surface area (Å²) in [5.74, 6) is 1.41. The van der Waals surface area contributed by atoms with Crippen molar-refractivity contribution >= 4 is 0 Å². The van der Waals surface area contributed by atoms with E-state index in [1.165, 1.54) is 6.07 Å². The maximum Gasteiger partial charge on any atom is 0.251 e. The summed E-state index contributed by atoms with van der Waals surface area (Å²) in [6.45, 7) is 3.76. The molecular weight excluding hydrogens is 216 g/mol. The van der Waals surface area contributed by atoms with Crippen LogP contribution < -0.4 is 10.3 Å². The zero-order chi connectivity index (χ0) is 12.4. The number of H-pyrrole nitrogens is 1. The Hall–Kier alpha value is -2.10. The number of ether oxygens (including phenoxy) is 1. The lowest BCUT2D eigenvalue weighted by atomic mass is 10.1. The van der Waals surface area contributed by atoms with E-state index in [4.69, 9.17) is 4.74 Å². The second-order valence-electron chi connectivity index (χ2n) is 3.92. The molecule has 17 heavy (non-hydrogen) atoms. The summed E-state index contributed by atoms with van der Waals surface area (Å²) in [4.78, 5) is 18.4. The summed E-state index contributed by atoms with van der Waals surface area (Å²) in [6, 6.07) is 7.16. The minimum atomic E-state index is -0.138. The Morgan fingerprint density at radius 2 is 2.00 bits per heavy atom. The number of benzene rings is 1. The molecule has 1 aromatic carbocycles. The second kappa shape index (κ2) is 4.41. The monoisotopic (exact) mass is 230 g/mol. The molecule has 0 unspecified atom stereocenters. The number of nitrogens with one attached hydrogen (secondary N) is 1. The summed E-state index contributed by atoms with van der Waals surface area (Å²) in [5, 5.41) is 0. The van der Waals surface area contributed by atoms with Crippen LogP contribution in [0.2, 0.25) is 0 Å². The fraction of sp³-hybridized carbons (Fsp3) is 0.231. The molecular formula is C13H14N2O2. The SMILES string of the molecule is COc1ccc(-c2nc(C)cc(=O)[nH]2)cc1C. The number of aromatic amines is 1. The lowest BCUT2D eigenvalue weighted by molar-refractivity contribution is 0.412. The van der Waals surface area contributed by atoms with Gasteiger partial charge >= 0.3 is 0 Å². The Kier molecular flexibility index (Phi) is 2.95. The Bertz CT molecular complexity index is 603. The maximum atomic E-state index is 11.4. The van der Waals surface area contributed by atoms with E-state index in [9.17, 15) is 4.79 Å². The van der Waals surface area contributed by atoms with Crippen molar-refractivity contribution in [1.82, 2.24) is 9.97 Å². The van der Waals surface area contributed by atoms with E-state index < -0.39 is 0 Å². The third-order valence-corrected chi connectivity index (χ3v) is 2.54. The zero-order valence-electron chi connectivity index (χ0n) is 10.1. The van der Waals surface area contributed by atoms with Crippen molar-refractivity contribution < 1.29 is 4.74 Å². The molecule has 2 aromatic rings. The lowest BCUT2D eigenvalue weighted by Crippen LogP contribution is -2.08. The molecule has 0 aliphatic heterocycles. The van der Waals surface area contributed by atoms with Gasteiger partial charge in [-0.15, -0.1) is 0 Å². The molecule has 1 aromatic heterocycles. The van der Waals surface area contributed by atoms with E-state index in [1.807, 2.05) is 25.1 Å². The van der Waals surface area contributed by atoms with Crippen LogP contribution in [-0.4, -0.2) is 17.1 Å². The van der Waals surface area contributed by atoms with Crippen LogP contribution in [0.25, 0.3) is 11.4 Å². The first kappa shape index (κ1) is 11.4. The number of aromatic nitrogens is 2. The second-order valence-corrected chi connectivity index (χ2v) is 3.92. The smallest absolute Gasteiger partial charge is 0.251 e. The molecule has 1 heterocycles. The van der Waals surface area contributed by atoms with Gasteiger partial charge in [-0.1, -0.05) is 0 Å². The summed E-state index contributed by atoms with van der Waals surface area (Å²) in [7, 11) is 1.63. The van der Waals surface area contributed by atoms with Gasteiger partial charge in [-0.05, 0) is 37.6 Å². The van der Waals surface area contributed by atoms with Gasteiger partial charge in [0.05, 0.1) is 7.11 Å². The minimum Gasteiger partial charge on any atom is -0.496 e. The molecule has 4 heteroatoms. The van der Waals surface area contributed by atoms with Gasteiger partial charge in [0.15, 0.2) is 0 Å². The van der Waals surface area contributed by atoms with Gasteiger partial charge in [0.25, 0.3) is 5.56 Å². The van der Waals surface area contributed by atoms with E-state index >= 15 is 0 Å². The van der Waals surface area contributed by atoms with E-state index in [0.29, 0.717) is 11.5 Å². The number of aryl methyl sites for hydroxylation is 2. The van der Waals surface area contributed by atoms with Crippen LogP contribution in [-0.2, 0) is 0 Å². The molecule has 4 nitrogen and oxygen atoms in total. The standard InChI is InChI=1S/C13H14N2O2/c1-8-6-10(4-5-11(8)17-3)13-14-9(2)7-12(16)15-13/h4-7H,1-3H3,(H,14,15,16). The van der Waals surface area contributed by atoms with Crippen molar-refractivity contribution in [2.24, 2.45) is 0 Å². The van der Waals surface area contributed by atoms with Crippen molar-refractivity contribution in [1.29, 1.82) is 0 Å². The predicted molar refractivity (Wildman–Crippen MR) is 66.3 cm³/mol. The lowest BCUT2D eigenvalue weighted by Gasteiger charge is -2.07. The molecule has 0 spiro atoms. The van der Waals surface area contributed by atoms with Crippen molar-refractivity contribution in [2.75, 3.05) is 7.11 Å². The minimum absolute atomic E-state index is 0.138. The Morgan fingerprint density at radius 3 is 2.59 bits per heavy atom. The van der Waals surface area contributed by atoms with Gasteiger partial charge < -0.3 is 9.72 Å². The van der Waals surface area contributed by atoms with Crippen molar-refractivity contribution in [3.63, 3.8) is 0 Å². The van der Waals surface area contributed by atoms with Crippen molar-refractivity contribution in [3.8, 4) is 17.1 Å². The van der Waals surface area contributed by atoms with Crippen LogP contribution in [0.15, 0.2) is 29.1 Å². The van der Waals surface area contributed by atoms with E-state index in [2.05, 4.69) is 9.97 Å². The highest BCUT2D eigenvalue weighted by Gasteiger charge is 2.05. The number of hydrogen-bond donors (Lipinski definition) is 1. The number of nitrogens with zero attached hydrogens (tertiary/aromatic N) is 1. The van der Waals surface area contributed by atoms with Gasteiger partial charge in [0.1, 0.15) is 11.6 Å². The van der Waals surface area contributed by atoms with Crippen molar-refractivity contribution in [3.05, 3.63) is 45.9 Å². The summed E-state index contributed by atoms with van der Waals surface area (Å²) < 4.78 is 5.19. The fourth-order valence-electron chi connectivity index (χ4n) is 1.74. The third kappa shape index (κ3) is 2.36. The molecule has 1 N–H and O–H groups in total. The molecule has 0 saturated heterocycles. The molecule has 88 valence electrons. The largest absolute Gasteiger partial charge is 0.496 e. The first-order valence-electron chi connectivity index (χ1n) is 5.33. The molecule has 0 atom stereocenters. The molecule has 2 rings (SSSR count). The zero-order valence-corrected chi connectivity index (χ0v) is 10.1. The van der Waals surface area contributed by atoms with Gasteiger partial charge in [0, 0.05) is 17.3 Å². The van der Waals surface area contributed by atoms with Gasteiger partial charge in [0.2, 0.25) is 0 Å². The molecule has 0 aliphatic rings. The normalized spacial score (nSPS) is 10.3. The summed E-state index contributed by atoms with van der Waals surface area (Å²) in [6.07, 6.45) is 0. The topological polar surface area (TPSA) is 55.0 Å². The fourth-order valence-corrected chi connectivity index (χ4v) is 1.74. The van der Waals surface area contributed by atoms with Crippen LogP contribution in [0.1, 0.15) is 11.3 Å². The highest BCUT2D eigenvalue weighted by molar-refractivity contribution is 5.58. The van der Waals surface area contributed by atoms with Gasteiger partial charge in [-0.2, -0.15) is 0 Å². The van der Waals surface area contributed by atoms with E-state index in [-0.39, 0.29) is 5.56 Å². The first-order chi connectivity index (χ1) is 8.10. The Balaban J connectivity index is 2.53. The number of methoxy groups -OCH3 is 1. The predicted octanol–water partition coefficient (Wildman–Crippen LogP) is 2.06. The molecule has 0 radical (unpaired) electrons. The number of rotatable bonds is 2. The van der Waals surface area contributed by atoms with Crippen LogP contribution in [0, 0.1) is 13.8 Å². The average molecular weight is 230 g/mol. The maximum absolute atomic E-state index is 11.4. The Labute approximate surface area is 99.3 Å². The van der Waals surface area contributed by atoms with Gasteiger partial charge in [-0.3, -0.25) is 4.79 Å². The van der Waals surface area contributed by atoms with Crippen LogP contribution in [0.3, 0.4) is 0 Å². The van der Waals surface area contributed by atoms with Crippen LogP contribution in [0.5, 0.6) is 5.75 Å². The van der Waals surface area contributed by atoms with Gasteiger partial charge in [-0.25, -0.2) is 4.98 Å². The Morgan fingerprint density at radius 1 is 1.24 bits per heavy atom. The first-order valence-corrected chi connectivity index (χ1v) is 5.33. The summed E-state index contributed by atoms with van der Waals surface area (Å²) >= 11 is 0. The average Bonchev–Trinajstić information content (AvgIpc) is 2.27. The molecule has 0 fully saturated rings. The van der Waals surface area contributed by atoms with Crippen LogP contribution in [0.4, 0.5) is 0 Å². The highest BCUT2D eigenvalue weighted by Crippen LogP contribution is 2.23. The number of hydrogen-bond acceptors (Lipinski definition) is 3. The highest BCUT2D eigenvalue weighted by atomic mass is 16.5. The third-order valence-electron chi connectivity index (χ3n) is 2.54. The molecule has 0 saturated carbocycles. The van der Waals surface area contributed by atoms with E-state index in [0.717, 1.165) is 16.9 Å². The molecule has 0 aliphatic carbocycles. The van der Waals surface area contributed by atoms with Crippen LogP contribution >= 0.6 is 0 Å². The van der Waals surface area contributed by atoms with E-state index in [1.54, 1.807) is 14.0 Å². The summed E-state index contributed by atoms with van der Waals surface area (Å²) in [5.41, 5.74) is 2.46. The van der Waals surface area contributed by atoms with Crippen molar-refractivity contribution in [2.45, 2.75) is 13.8 Å². The molecule has 0 bridgehead atoms. The molecule has 0 amide bonds. The quantitative estimate of drug-likeness (QED) is 0.859.